The Morgan fingerprint density at radius 2 is 1.10 bits per heavy atom. The average molecular weight is 564 g/mol. The van der Waals surface area contributed by atoms with E-state index in [-0.39, 0.29) is 13.2 Å². The summed E-state index contributed by atoms with van der Waals surface area (Å²) in [5, 5.41) is 13.2. The van der Waals surface area contributed by atoms with Crippen molar-refractivity contribution in [3.8, 4) is 17.2 Å². The molecule has 3 aromatic rings. The Balaban J connectivity index is 1.70. The SMILES string of the molecule is Cc1ccc(O[C@@H]2[C@@H](Oc3ccc(C)cc3)[C@H](CNC(=O)OC(C)(C)C)O[C@H](CO)[C@H]2Oc2ccc(C)cc2)cc1. The van der Waals surface area contributed by atoms with E-state index < -0.39 is 42.2 Å². The summed E-state index contributed by atoms with van der Waals surface area (Å²) in [4.78, 5) is 12.6. The Morgan fingerprint density at radius 1 is 0.707 bits per heavy atom. The molecule has 1 fully saturated rings. The molecule has 5 atom stereocenters. The maximum Gasteiger partial charge on any atom is 0.407 e. The number of hydrogen-bond donors (Lipinski definition) is 2. The third-order valence-electron chi connectivity index (χ3n) is 6.64. The van der Waals surface area contributed by atoms with Gasteiger partial charge in [-0.25, -0.2) is 4.79 Å². The van der Waals surface area contributed by atoms with E-state index in [1.807, 2.05) is 93.6 Å². The molecule has 0 bridgehead atoms. The molecular formula is C33H41NO7. The third-order valence-corrected chi connectivity index (χ3v) is 6.64. The van der Waals surface area contributed by atoms with Crippen LogP contribution in [0.2, 0.25) is 0 Å². The van der Waals surface area contributed by atoms with Gasteiger partial charge in [-0.15, -0.1) is 0 Å². The zero-order valence-electron chi connectivity index (χ0n) is 24.6. The summed E-state index contributed by atoms with van der Waals surface area (Å²) >= 11 is 0. The number of hydrogen-bond acceptors (Lipinski definition) is 7. The molecule has 0 unspecified atom stereocenters. The predicted molar refractivity (Wildman–Crippen MR) is 157 cm³/mol. The fourth-order valence-electron chi connectivity index (χ4n) is 4.54. The smallest absolute Gasteiger partial charge is 0.407 e. The van der Waals surface area contributed by atoms with E-state index in [2.05, 4.69) is 5.32 Å². The van der Waals surface area contributed by atoms with Crippen LogP contribution in [0.5, 0.6) is 17.2 Å². The van der Waals surface area contributed by atoms with Gasteiger partial charge in [-0.2, -0.15) is 0 Å². The van der Waals surface area contributed by atoms with Crippen molar-refractivity contribution in [2.24, 2.45) is 0 Å². The van der Waals surface area contributed by atoms with Crippen LogP contribution >= 0.6 is 0 Å². The standard InChI is InChI=1S/C33H41NO7/c1-21-7-13-24(14-8-21)37-29-27(19-34-32(36)41-33(4,5)6)40-28(20-35)30(38-25-15-9-22(2)10-16-25)31(29)39-26-17-11-23(3)12-18-26/h7-18,27-31,35H,19-20H2,1-6H3,(H,34,36)/t27-,28+,29-,30+,31+/m0/s1. The van der Waals surface area contributed by atoms with Crippen LogP contribution in [-0.4, -0.2) is 60.5 Å². The van der Waals surface area contributed by atoms with Crippen molar-refractivity contribution >= 4 is 6.09 Å². The van der Waals surface area contributed by atoms with Gasteiger partial charge in [-0.3, -0.25) is 0 Å². The van der Waals surface area contributed by atoms with E-state index in [0.29, 0.717) is 17.2 Å². The maximum atomic E-state index is 12.6. The Morgan fingerprint density at radius 3 is 1.49 bits per heavy atom. The van der Waals surface area contributed by atoms with Crippen molar-refractivity contribution in [2.45, 2.75) is 77.7 Å². The molecule has 8 heteroatoms. The van der Waals surface area contributed by atoms with Gasteiger partial charge in [0.15, 0.2) is 18.3 Å². The van der Waals surface area contributed by atoms with Gasteiger partial charge in [-0.05, 0) is 77.9 Å². The molecule has 1 amide bonds. The molecule has 0 saturated carbocycles. The number of rotatable bonds is 9. The highest BCUT2D eigenvalue weighted by molar-refractivity contribution is 5.67. The van der Waals surface area contributed by atoms with Crippen LogP contribution in [0.1, 0.15) is 37.5 Å². The minimum atomic E-state index is -0.768. The van der Waals surface area contributed by atoms with E-state index in [9.17, 15) is 9.90 Å². The Bertz CT molecular complexity index is 1250. The van der Waals surface area contributed by atoms with Gasteiger partial charge >= 0.3 is 6.09 Å². The summed E-state index contributed by atoms with van der Waals surface area (Å²) in [5.41, 5.74) is 2.62. The third kappa shape index (κ3) is 8.62. The molecule has 0 aliphatic carbocycles. The van der Waals surface area contributed by atoms with E-state index in [4.69, 9.17) is 23.7 Å². The van der Waals surface area contributed by atoms with Crippen LogP contribution < -0.4 is 19.5 Å². The van der Waals surface area contributed by atoms with Crippen LogP contribution in [0.4, 0.5) is 4.79 Å². The number of amides is 1. The molecule has 41 heavy (non-hydrogen) atoms. The number of carbonyl (C=O) groups is 1. The lowest BCUT2D eigenvalue weighted by Gasteiger charge is -2.45. The fourth-order valence-corrected chi connectivity index (χ4v) is 4.54. The molecule has 1 heterocycles. The molecule has 0 aromatic heterocycles. The summed E-state index contributed by atoms with van der Waals surface area (Å²) < 4.78 is 31.4. The van der Waals surface area contributed by atoms with Crippen molar-refractivity contribution in [2.75, 3.05) is 13.2 Å². The molecule has 3 aromatic carbocycles. The first kappa shape index (κ1) is 30.2. The summed E-state index contributed by atoms with van der Waals surface area (Å²) in [6, 6.07) is 23.0. The zero-order valence-corrected chi connectivity index (χ0v) is 24.6. The fraction of sp³-hybridized carbons (Fsp3) is 0.424. The van der Waals surface area contributed by atoms with Gasteiger partial charge in [0, 0.05) is 0 Å². The van der Waals surface area contributed by atoms with Crippen LogP contribution in [0.25, 0.3) is 0 Å². The van der Waals surface area contributed by atoms with E-state index >= 15 is 0 Å². The van der Waals surface area contributed by atoms with Crippen molar-refractivity contribution in [3.63, 3.8) is 0 Å². The summed E-state index contributed by atoms with van der Waals surface area (Å²) in [6.07, 6.45) is -4.24. The number of benzene rings is 3. The topological polar surface area (TPSA) is 95.5 Å². The molecule has 8 nitrogen and oxygen atoms in total. The second kappa shape index (κ2) is 13.3. The summed E-state index contributed by atoms with van der Waals surface area (Å²) in [7, 11) is 0. The van der Waals surface area contributed by atoms with Crippen molar-refractivity contribution in [1.29, 1.82) is 0 Å². The van der Waals surface area contributed by atoms with Crippen LogP contribution in [0.15, 0.2) is 72.8 Å². The number of alkyl carbamates (subject to hydrolysis) is 1. The lowest BCUT2D eigenvalue weighted by molar-refractivity contribution is -0.207. The minimum absolute atomic E-state index is 0.0625. The molecule has 4 rings (SSSR count). The molecule has 220 valence electrons. The Labute approximate surface area is 242 Å². The van der Waals surface area contributed by atoms with Crippen LogP contribution in [-0.2, 0) is 9.47 Å². The normalized spacial score (nSPS) is 22.5. The lowest BCUT2D eigenvalue weighted by atomic mass is 9.93. The molecule has 0 radical (unpaired) electrons. The summed E-state index contributed by atoms with van der Waals surface area (Å²) in [5.74, 6) is 1.84. The number of nitrogens with one attached hydrogen (secondary N) is 1. The van der Waals surface area contributed by atoms with Gasteiger partial charge in [0.2, 0.25) is 0 Å². The number of aliphatic hydroxyl groups excluding tert-OH is 1. The van der Waals surface area contributed by atoms with Gasteiger partial charge in [0.25, 0.3) is 0 Å². The molecule has 2 N–H and O–H groups in total. The quantitative estimate of drug-likeness (QED) is 0.353. The van der Waals surface area contributed by atoms with Gasteiger partial charge < -0.3 is 34.1 Å². The van der Waals surface area contributed by atoms with Gasteiger partial charge in [-0.1, -0.05) is 53.1 Å². The summed E-state index contributed by atoms with van der Waals surface area (Å²) in [6.45, 7) is 11.1. The first-order valence-electron chi connectivity index (χ1n) is 13.9. The van der Waals surface area contributed by atoms with Crippen molar-refractivity contribution in [3.05, 3.63) is 89.5 Å². The maximum absolute atomic E-state index is 12.6. The first-order valence-corrected chi connectivity index (χ1v) is 13.9. The van der Waals surface area contributed by atoms with E-state index in [1.165, 1.54) is 0 Å². The van der Waals surface area contributed by atoms with Gasteiger partial charge in [0.1, 0.15) is 35.1 Å². The number of aliphatic hydroxyl groups is 1. The van der Waals surface area contributed by atoms with E-state index in [0.717, 1.165) is 16.7 Å². The number of ether oxygens (including phenoxy) is 5. The molecular weight excluding hydrogens is 522 g/mol. The van der Waals surface area contributed by atoms with E-state index in [1.54, 1.807) is 20.8 Å². The average Bonchev–Trinajstić information content (AvgIpc) is 2.92. The minimum Gasteiger partial charge on any atom is -0.484 e. The molecule has 1 aliphatic heterocycles. The Hall–Kier alpha value is -3.75. The highest BCUT2D eigenvalue weighted by Gasteiger charge is 2.50. The van der Waals surface area contributed by atoms with Crippen LogP contribution in [0, 0.1) is 20.8 Å². The number of aryl methyl sites for hydroxylation is 3. The van der Waals surface area contributed by atoms with Crippen molar-refractivity contribution < 1.29 is 33.6 Å². The first-order chi connectivity index (χ1) is 19.5. The Kier molecular flexibility index (Phi) is 9.78. The van der Waals surface area contributed by atoms with Crippen LogP contribution in [0.3, 0.4) is 0 Å². The van der Waals surface area contributed by atoms with Crippen molar-refractivity contribution in [1.82, 2.24) is 5.32 Å². The highest BCUT2D eigenvalue weighted by Crippen LogP contribution is 2.32. The molecule has 1 aliphatic rings. The predicted octanol–water partition coefficient (Wildman–Crippen LogP) is 5.54. The number of carbonyl (C=O) groups excluding carboxylic acids is 1. The van der Waals surface area contributed by atoms with Gasteiger partial charge in [0.05, 0.1) is 13.2 Å². The lowest BCUT2D eigenvalue weighted by Crippen LogP contribution is -2.66. The highest BCUT2D eigenvalue weighted by atomic mass is 16.6. The second-order valence-electron chi connectivity index (χ2n) is 11.5. The zero-order chi connectivity index (χ0) is 29.6. The second-order valence-corrected chi connectivity index (χ2v) is 11.5. The monoisotopic (exact) mass is 563 g/mol. The largest absolute Gasteiger partial charge is 0.484 e. The molecule has 0 spiro atoms. The molecule has 1 saturated heterocycles.